The molecule has 4 heteroatoms. The molecule has 2 fully saturated rings. The zero-order valence-electron chi connectivity index (χ0n) is 13.1. The molecule has 116 valence electrons. The van der Waals surface area contributed by atoms with Gasteiger partial charge in [-0.3, -0.25) is 9.80 Å². The second-order valence-corrected chi connectivity index (χ2v) is 6.95. The van der Waals surface area contributed by atoms with Crippen LogP contribution in [0.2, 0.25) is 0 Å². The first kappa shape index (κ1) is 13.1. The van der Waals surface area contributed by atoms with Gasteiger partial charge in [0, 0.05) is 36.2 Å². The van der Waals surface area contributed by atoms with E-state index in [-0.39, 0.29) is 0 Å². The van der Waals surface area contributed by atoms with Crippen LogP contribution in [0.1, 0.15) is 29.3 Å². The van der Waals surface area contributed by atoms with Gasteiger partial charge < -0.3 is 9.72 Å². The van der Waals surface area contributed by atoms with Crippen LogP contribution in [0.25, 0.3) is 10.9 Å². The van der Waals surface area contributed by atoms with Crippen LogP contribution in [0.3, 0.4) is 0 Å². The van der Waals surface area contributed by atoms with Crippen molar-refractivity contribution in [1.82, 2.24) is 14.8 Å². The average molecular weight is 297 g/mol. The van der Waals surface area contributed by atoms with E-state index >= 15 is 0 Å². The molecular weight excluding hydrogens is 274 g/mol. The third-order valence-corrected chi connectivity index (χ3v) is 5.73. The van der Waals surface area contributed by atoms with Crippen LogP contribution in [0.5, 0.6) is 0 Å². The Labute approximate surface area is 131 Å². The first-order chi connectivity index (χ1) is 10.8. The summed E-state index contributed by atoms with van der Waals surface area (Å²) in [6.07, 6.45) is 2.86. The fourth-order valence-electron chi connectivity index (χ4n) is 4.65. The molecule has 3 aliphatic rings. The zero-order chi connectivity index (χ0) is 14.7. The minimum atomic E-state index is 0.480. The van der Waals surface area contributed by atoms with Crippen LogP contribution in [0, 0.1) is 6.92 Å². The molecule has 0 saturated carbocycles. The highest BCUT2D eigenvalue weighted by Crippen LogP contribution is 2.40. The number of hydrogen-bond donors (Lipinski definition) is 1. The Morgan fingerprint density at radius 1 is 1.23 bits per heavy atom. The van der Waals surface area contributed by atoms with E-state index in [0.29, 0.717) is 12.2 Å². The quantitative estimate of drug-likeness (QED) is 0.810. The van der Waals surface area contributed by atoms with Gasteiger partial charge in [0.15, 0.2) is 0 Å². The number of nitrogens with one attached hydrogen (secondary N) is 1. The number of rotatable bonds is 0. The van der Waals surface area contributed by atoms with Gasteiger partial charge in [0.25, 0.3) is 0 Å². The summed E-state index contributed by atoms with van der Waals surface area (Å²) in [5.74, 6) is 0. The highest BCUT2D eigenvalue weighted by Gasteiger charge is 2.41. The number of hydrogen-bond acceptors (Lipinski definition) is 3. The predicted octanol–water partition coefficient (Wildman–Crippen LogP) is 2.44. The Morgan fingerprint density at radius 3 is 3.14 bits per heavy atom. The number of fused-ring (bicyclic) bond motifs is 7. The van der Waals surface area contributed by atoms with Gasteiger partial charge in [-0.1, -0.05) is 11.6 Å². The maximum atomic E-state index is 5.76. The number of nitrogens with zero attached hydrogens (tertiary/aromatic N) is 2. The topological polar surface area (TPSA) is 31.5 Å². The molecular formula is C18H23N3O. The lowest BCUT2D eigenvalue weighted by atomic mass is 9.92. The SMILES string of the molecule is Cc1ccc2[nH]c3c(c2c1)CCN1[C@@H]3CCN2CCOC[C@H]21. The Kier molecular flexibility index (Phi) is 2.87. The number of morpholine rings is 1. The molecule has 0 radical (unpaired) electrons. The molecule has 4 nitrogen and oxygen atoms in total. The summed E-state index contributed by atoms with van der Waals surface area (Å²) in [5, 5.41) is 1.44. The lowest BCUT2D eigenvalue weighted by molar-refractivity contribution is -0.120. The summed E-state index contributed by atoms with van der Waals surface area (Å²) in [7, 11) is 0. The molecule has 1 aromatic carbocycles. The van der Waals surface area contributed by atoms with Crippen LogP contribution in [-0.2, 0) is 11.2 Å². The first-order valence-corrected chi connectivity index (χ1v) is 8.50. The van der Waals surface area contributed by atoms with Crippen molar-refractivity contribution >= 4 is 10.9 Å². The summed E-state index contributed by atoms with van der Waals surface area (Å²) in [6, 6.07) is 7.34. The van der Waals surface area contributed by atoms with Crippen LogP contribution in [0.4, 0.5) is 0 Å². The third kappa shape index (κ3) is 1.81. The van der Waals surface area contributed by atoms with Gasteiger partial charge in [-0.15, -0.1) is 0 Å². The normalized spacial score (nSPS) is 29.1. The molecule has 5 rings (SSSR count). The van der Waals surface area contributed by atoms with Crippen molar-refractivity contribution in [3.8, 4) is 0 Å². The molecule has 2 aromatic rings. The molecule has 2 saturated heterocycles. The Bertz CT molecular complexity index is 722. The standard InChI is InChI=1S/C18H23N3O/c1-12-2-3-15-14(10-12)13-4-7-21-16(18(13)19-15)5-6-20-8-9-22-11-17(20)21/h2-3,10,16-17,19H,4-9,11H2,1H3/t16-,17-/m1/s1. The van der Waals surface area contributed by atoms with Crippen molar-refractivity contribution in [3.63, 3.8) is 0 Å². The van der Waals surface area contributed by atoms with E-state index in [9.17, 15) is 0 Å². The van der Waals surface area contributed by atoms with Crippen LogP contribution in [0.15, 0.2) is 18.2 Å². The van der Waals surface area contributed by atoms with Crippen molar-refractivity contribution in [2.24, 2.45) is 0 Å². The van der Waals surface area contributed by atoms with Gasteiger partial charge in [0.2, 0.25) is 0 Å². The van der Waals surface area contributed by atoms with Crippen molar-refractivity contribution in [2.45, 2.75) is 32.0 Å². The van der Waals surface area contributed by atoms with E-state index in [4.69, 9.17) is 4.74 Å². The fourth-order valence-corrected chi connectivity index (χ4v) is 4.65. The van der Waals surface area contributed by atoms with E-state index < -0.39 is 0 Å². The Hall–Kier alpha value is -1.36. The summed E-state index contributed by atoms with van der Waals surface area (Å²) in [6.45, 7) is 7.39. The fraction of sp³-hybridized carbons (Fsp3) is 0.556. The first-order valence-electron chi connectivity index (χ1n) is 8.50. The number of benzene rings is 1. The van der Waals surface area contributed by atoms with E-state index in [0.717, 1.165) is 32.7 Å². The van der Waals surface area contributed by atoms with Crippen molar-refractivity contribution in [2.75, 3.05) is 32.8 Å². The molecule has 0 amide bonds. The smallest absolute Gasteiger partial charge is 0.0870 e. The van der Waals surface area contributed by atoms with Crippen LogP contribution < -0.4 is 0 Å². The van der Waals surface area contributed by atoms with Gasteiger partial charge in [-0.2, -0.15) is 0 Å². The molecule has 3 aliphatic heterocycles. The molecule has 22 heavy (non-hydrogen) atoms. The summed E-state index contributed by atoms with van der Waals surface area (Å²) in [4.78, 5) is 9.02. The summed E-state index contributed by atoms with van der Waals surface area (Å²) < 4.78 is 5.76. The van der Waals surface area contributed by atoms with E-state index in [1.54, 1.807) is 5.56 Å². The number of aromatic amines is 1. The van der Waals surface area contributed by atoms with Gasteiger partial charge in [-0.05, 0) is 37.5 Å². The van der Waals surface area contributed by atoms with Crippen molar-refractivity contribution < 1.29 is 4.74 Å². The predicted molar refractivity (Wildman–Crippen MR) is 87.0 cm³/mol. The molecule has 4 heterocycles. The van der Waals surface area contributed by atoms with Crippen LogP contribution >= 0.6 is 0 Å². The van der Waals surface area contributed by atoms with Crippen LogP contribution in [-0.4, -0.2) is 53.8 Å². The maximum Gasteiger partial charge on any atom is 0.0870 e. The minimum Gasteiger partial charge on any atom is -0.377 e. The molecule has 0 aliphatic carbocycles. The Morgan fingerprint density at radius 2 is 2.18 bits per heavy atom. The lowest BCUT2D eigenvalue weighted by Crippen LogP contribution is -2.61. The third-order valence-electron chi connectivity index (χ3n) is 5.73. The van der Waals surface area contributed by atoms with Crippen molar-refractivity contribution in [3.05, 3.63) is 35.0 Å². The molecule has 1 N–H and O–H groups in total. The van der Waals surface area contributed by atoms with E-state index in [1.807, 2.05) is 0 Å². The number of aromatic nitrogens is 1. The lowest BCUT2D eigenvalue weighted by Gasteiger charge is -2.51. The monoisotopic (exact) mass is 297 g/mol. The average Bonchev–Trinajstić information content (AvgIpc) is 2.92. The van der Waals surface area contributed by atoms with Gasteiger partial charge >= 0.3 is 0 Å². The molecule has 0 spiro atoms. The Balaban J connectivity index is 1.58. The number of ether oxygens (including phenoxy) is 1. The molecule has 2 atom stereocenters. The van der Waals surface area contributed by atoms with E-state index in [2.05, 4.69) is 39.9 Å². The number of aryl methyl sites for hydroxylation is 1. The highest BCUT2D eigenvalue weighted by molar-refractivity contribution is 5.85. The second kappa shape index (κ2) is 4.82. The number of H-pyrrole nitrogens is 1. The van der Waals surface area contributed by atoms with Gasteiger partial charge in [-0.25, -0.2) is 0 Å². The summed E-state index contributed by atoms with van der Waals surface area (Å²) >= 11 is 0. The molecule has 1 aromatic heterocycles. The minimum absolute atomic E-state index is 0.480. The maximum absolute atomic E-state index is 5.76. The molecule has 0 unspecified atom stereocenters. The molecule has 0 bridgehead atoms. The highest BCUT2D eigenvalue weighted by atomic mass is 16.5. The van der Waals surface area contributed by atoms with Crippen molar-refractivity contribution in [1.29, 1.82) is 0 Å². The second-order valence-electron chi connectivity index (χ2n) is 6.95. The van der Waals surface area contributed by atoms with E-state index in [1.165, 1.54) is 35.1 Å². The van der Waals surface area contributed by atoms with Gasteiger partial charge in [0.1, 0.15) is 0 Å². The zero-order valence-corrected chi connectivity index (χ0v) is 13.1. The summed E-state index contributed by atoms with van der Waals surface area (Å²) in [5.41, 5.74) is 5.69. The van der Waals surface area contributed by atoms with Gasteiger partial charge in [0.05, 0.1) is 25.4 Å². The largest absolute Gasteiger partial charge is 0.377 e.